The number of nitrogens with one attached hydrogen (secondary N) is 2. The molecule has 0 atom stereocenters. The predicted molar refractivity (Wildman–Crippen MR) is 83.9 cm³/mol. The van der Waals surface area contributed by atoms with E-state index in [9.17, 15) is 9.59 Å². The number of Topliss-reactive ketones (excluding diaryl/α,β-unsaturated/α-hetero) is 1. The zero-order valence-corrected chi connectivity index (χ0v) is 12.9. The van der Waals surface area contributed by atoms with E-state index in [1.165, 1.54) is 6.92 Å². The van der Waals surface area contributed by atoms with Gasteiger partial charge in [-0.3, -0.25) is 9.59 Å². The minimum absolute atomic E-state index is 0.0417. The molecule has 0 saturated heterocycles. The topological polar surface area (TPSA) is 71.2 Å². The fraction of sp³-hybridized carbons (Fsp3) is 0.294. The number of amides is 1. The number of anilines is 1. The Labute approximate surface area is 128 Å². The van der Waals surface area contributed by atoms with Gasteiger partial charge in [0.1, 0.15) is 11.4 Å². The smallest absolute Gasteiger partial charge is 0.272 e. The molecule has 5 nitrogen and oxygen atoms in total. The third-order valence-corrected chi connectivity index (χ3v) is 3.96. The van der Waals surface area contributed by atoms with Gasteiger partial charge in [0.05, 0.1) is 6.61 Å². The first-order chi connectivity index (χ1) is 10.5. The van der Waals surface area contributed by atoms with E-state index in [-0.39, 0.29) is 11.7 Å². The summed E-state index contributed by atoms with van der Waals surface area (Å²) in [5.74, 6) is 0.593. The van der Waals surface area contributed by atoms with Crippen LogP contribution in [0.4, 0.5) is 5.69 Å². The third kappa shape index (κ3) is 2.39. The minimum Gasteiger partial charge on any atom is -0.493 e. The van der Waals surface area contributed by atoms with Crippen LogP contribution in [-0.2, 0) is 6.42 Å². The minimum atomic E-state index is -0.244. The lowest BCUT2D eigenvalue weighted by molar-refractivity contribution is 0.101. The Morgan fingerprint density at radius 3 is 2.73 bits per heavy atom. The molecule has 1 amide bonds. The standard InChI is InChI=1S/C17H18N2O3/c1-9-15(11(3)20)10(2)18-16(9)17(21)19-13-4-5-14-12(8-13)6-7-22-14/h4-5,8,18H,6-7H2,1-3H3,(H,19,21). The SMILES string of the molecule is CC(=O)c1c(C)[nH]c(C(=O)Nc2ccc3c(c2)CCO3)c1C. The first-order valence-corrected chi connectivity index (χ1v) is 7.24. The van der Waals surface area contributed by atoms with Crippen LogP contribution in [0.25, 0.3) is 0 Å². The summed E-state index contributed by atoms with van der Waals surface area (Å²) in [6.07, 6.45) is 0.855. The molecule has 0 aliphatic carbocycles. The molecule has 114 valence electrons. The second-order valence-electron chi connectivity index (χ2n) is 5.56. The number of fused-ring (bicyclic) bond motifs is 1. The Bertz CT molecular complexity index is 774. The van der Waals surface area contributed by atoms with Crippen LogP contribution in [0.15, 0.2) is 18.2 Å². The molecule has 5 heteroatoms. The van der Waals surface area contributed by atoms with E-state index >= 15 is 0 Å². The number of aromatic nitrogens is 1. The molecule has 2 aromatic rings. The van der Waals surface area contributed by atoms with Crippen LogP contribution in [0.5, 0.6) is 5.75 Å². The molecule has 1 aliphatic rings. The maximum absolute atomic E-state index is 12.4. The van der Waals surface area contributed by atoms with Crippen molar-refractivity contribution < 1.29 is 14.3 Å². The van der Waals surface area contributed by atoms with Gasteiger partial charge < -0.3 is 15.0 Å². The number of ether oxygens (including phenoxy) is 1. The average molecular weight is 298 g/mol. The molecule has 0 fully saturated rings. The van der Waals surface area contributed by atoms with Gasteiger partial charge >= 0.3 is 0 Å². The molecule has 0 unspecified atom stereocenters. The zero-order chi connectivity index (χ0) is 15.9. The number of carbonyl (C=O) groups is 2. The number of benzene rings is 1. The summed E-state index contributed by atoms with van der Waals surface area (Å²) in [6, 6.07) is 5.61. The lowest BCUT2D eigenvalue weighted by Crippen LogP contribution is -2.14. The molecule has 0 radical (unpaired) electrons. The summed E-state index contributed by atoms with van der Waals surface area (Å²) in [5, 5.41) is 2.87. The molecule has 2 N–H and O–H groups in total. The van der Waals surface area contributed by atoms with E-state index in [1.54, 1.807) is 13.8 Å². The highest BCUT2D eigenvalue weighted by atomic mass is 16.5. The highest BCUT2D eigenvalue weighted by Crippen LogP contribution is 2.28. The average Bonchev–Trinajstić information content (AvgIpc) is 3.02. The summed E-state index contributed by atoms with van der Waals surface area (Å²) < 4.78 is 5.45. The molecular formula is C17H18N2O3. The van der Waals surface area contributed by atoms with Gasteiger partial charge in [-0.1, -0.05) is 0 Å². The van der Waals surface area contributed by atoms with Gasteiger partial charge in [-0.15, -0.1) is 0 Å². The van der Waals surface area contributed by atoms with Gasteiger partial charge in [0, 0.05) is 23.4 Å². The Balaban J connectivity index is 1.86. The van der Waals surface area contributed by atoms with Gasteiger partial charge in [0.25, 0.3) is 5.91 Å². The molecule has 0 saturated carbocycles. The maximum atomic E-state index is 12.4. The zero-order valence-electron chi connectivity index (χ0n) is 12.9. The van der Waals surface area contributed by atoms with Crippen molar-refractivity contribution in [1.82, 2.24) is 4.98 Å². The molecule has 1 aliphatic heterocycles. The van der Waals surface area contributed by atoms with Crippen molar-refractivity contribution in [3.8, 4) is 5.75 Å². The summed E-state index contributed by atoms with van der Waals surface area (Å²) in [5.41, 5.74) is 4.25. The summed E-state index contributed by atoms with van der Waals surface area (Å²) in [6.45, 7) is 5.77. The summed E-state index contributed by atoms with van der Waals surface area (Å²) in [4.78, 5) is 27.1. The van der Waals surface area contributed by atoms with E-state index in [0.29, 0.717) is 23.4 Å². The Hall–Kier alpha value is -2.56. The van der Waals surface area contributed by atoms with E-state index < -0.39 is 0 Å². The molecular weight excluding hydrogens is 280 g/mol. The van der Waals surface area contributed by atoms with Crippen molar-refractivity contribution in [2.24, 2.45) is 0 Å². The second kappa shape index (κ2) is 5.33. The monoisotopic (exact) mass is 298 g/mol. The normalized spacial score (nSPS) is 12.7. The Morgan fingerprint density at radius 2 is 2.05 bits per heavy atom. The van der Waals surface area contributed by atoms with Crippen LogP contribution in [0, 0.1) is 13.8 Å². The van der Waals surface area contributed by atoms with Crippen molar-refractivity contribution in [1.29, 1.82) is 0 Å². The molecule has 22 heavy (non-hydrogen) atoms. The number of hydrogen-bond acceptors (Lipinski definition) is 3. The molecule has 1 aromatic heterocycles. The third-order valence-electron chi connectivity index (χ3n) is 3.96. The number of aromatic amines is 1. The first-order valence-electron chi connectivity index (χ1n) is 7.24. The van der Waals surface area contributed by atoms with Crippen LogP contribution in [0.2, 0.25) is 0 Å². The van der Waals surface area contributed by atoms with Crippen LogP contribution in [-0.4, -0.2) is 23.3 Å². The van der Waals surface area contributed by atoms with Crippen molar-refractivity contribution in [3.05, 3.63) is 46.3 Å². The van der Waals surface area contributed by atoms with Gasteiger partial charge in [0.15, 0.2) is 5.78 Å². The summed E-state index contributed by atoms with van der Waals surface area (Å²) >= 11 is 0. The predicted octanol–water partition coefficient (Wildman–Crippen LogP) is 3.02. The molecule has 2 heterocycles. The van der Waals surface area contributed by atoms with Gasteiger partial charge in [-0.05, 0) is 50.1 Å². The lowest BCUT2D eigenvalue weighted by atomic mass is 10.1. The fourth-order valence-corrected chi connectivity index (χ4v) is 2.96. The molecule has 3 rings (SSSR count). The van der Waals surface area contributed by atoms with Crippen molar-refractivity contribution in [3.63, 3.8) is 0 Å². The lowest BCUT2D eigenvalue weighted by Gasteiger charge is -2.07. The fourth-order valence-electron chi connectivity index (χ4n) is 2.96. The molecule has 0 spiro atoms. The van der Waals surface area contributed by atoms with Gasteiger partial charge in [-0.25, -0.2) is 0 Å². The number of carbonyl (C=O) groups excluding carboxylic acids is 2. The highest BCUT2D eigenvalue weighted by molar-refractivity contribution is 6.07. The maximum Gasteiger partial charge on any atom is 0.272 e. The highest BCUT2D eigenvalue weighted by Gasteiger charge is 2.20. The van der Waals surface area contributed by atoms with Gasteiger partial charge in [0.2, 0.25) is 0 Å². The Morgan fingerprint density at radius 1 is 1.27 bits per heavy atom. The largest absolute Gasteiger partial charge is 0.493 e. The van der Waals surface area contributed by atoms with E-state index in [2.05, 4.69) is 10.3 Å². The Kier molecular flexibility index (Phi) is 3.48. The quantitative estimate of drug-likeness (QED) is 0.856. The van der Waals surface area contributed by atoms with Crippen LogP contribution < -0.4 is 10.1 Å². The van der Waals surface area contributed by atoms with Crippen LogP contribution in [0.1, 0.15) is 44.6 Å². The first kappa shape index (κ1) is 14.4. The van der Waals surface area contributed by atoms with Crippen molar-refractivity contribution in [2.45, 2.75) is 27.2 Å². The molecule has 0 bridgehead atoms. The number of ketones is 1. The van der Waals surface area contributed by atoms with E-state index in [0.717, 1.165) is 29.1 Å². The number of hydrogen-bond donors (Lipinski definition) is 2. The van der Waals surface area contributed by atoms with Crippen molar-refractivity contribution in [2.75, 3.05) is 11.9 Å². The van der Waals surface area contributed by atoms with E-state index in [4.69, 9.17) is 4.74 Å². The van der Waals surface area contributed by atoms with Crippen molar-refractivity contribution >= 4 is 17.4 Å². The van der Waals surface area contributed by atoms with E-state index in [1.807, 2.05) is 18.2 Å². The molecule has 1 aromatic carbocycles. The van der Waals surface area contributed by atoms with Crippen LogP contribution >= 0.6 is 0 Å². The second-order valence-corrected chi connectivity index (χ2v) is 5.56. The van der Waals surface area contributed by atoms with Gasteiger partial charge in [-0.2, -0.15) is 0 Å². The van der Waals surface area contributed by atoms with Crippen LogP contribution in [0.3, 0.4) is 0 Å². The number of rotatable bonds is 3. The summed E-state index contributed by atoms with van der Waals surface area (Å²) in [7, 11) is 0. The number of aryl methyl sites for hydroxylation is 1. The number of H-pyrrole nitrogens is 1.